The monoisotopic (exact) mass is 1310 g/mol. The summed E-state index contributed by atoms with van der Waals surface area (Å²) < 4.78 is 5.48. The lowest BCUT2D eigenvalue weighted by molar-refractivity contribution is -0.120. The number of piperidine rings is 2. The van der Waals surface area contributed by atoms with Gasteiger partial charge in [0.25, 0.3) is 17.7 Å². The summed E-state index contributed by atoms with van der Waals surface area (Å²) in [6, 6.07) is 34.2. The van der Waals surface area contributed by atoms with E-state index in [1.54, 1.807) is 4.90 Å². The number of nitrogens with zero attached hydrogens (tertiary/aromatic N) is 9. The molecule has 5 amide bonds. The Morgan fingerprint density at radius 2 is 0.835 bits per heavy atom. The van der Waals surface area contributed by atoms with Crippen LogP contribution in [0.5, 0.6) is 0 Å². The fourth-order valence-electron chi connectivity index (χ4n) is 13.8. The van der Waals surface area contributed by atoms with E-state index in [-0.39, 0.29) is 29.7 Å². The average Bonchev–Trinajstić information content (AvgIpc) is 1.67. The molecule has 13 rings (SSSR count). The molecule has 0 atom stereocenters. The standard InChI is InChI=1S/C40H53N7O4.C37H43N7O2/c1-40(2,3)51-39(50)47-23-21-46(22-24-47)20-16-42-38(49)32-12-13-34-33(26-32)27-36(44-34)31-10-8-30(9-11-31)35-25-29(28-43-35)7-14-37(48)41-15-19-45-17-5-4-6-18-45;45-36(39-14-20-43-16-2-1-3-17-43)28-8-10-32-30(22-28)24-34(41-32)26-4-6-27(7-5-26)35-25-31-23-29(9-11-33(31)42-35)37(46)40-15-21-44-18-12-38-13-19-44/h7-13,26H,4-6,14-25,27-28H2,1-3H3,(H,41,48)(H,42,49);4-11,22-23,38H,1-3,12-21,24-25H2,(H,39,45)(H,40,46)/b29-7-;. The average molecular weight is 1310 g/mol. The Morgan fingerprint density at radius 1 is 0.454 bits per heavy atom. The van der Waals surface area contributed by atoms with Crippen molar-refractivity contribution in [3.8, 4) is 0 Å². The molecule has 4 saturated heterocycles. The second-order valence-electron chi connectivity index (χ2n) is 27.7. The van der Waals surface area contributed by atoms with E-state index < -0.39 is 5.60 Å². The second-order valence-corrected chi connectivity index (χ2v) is 27.7. The van der Waals surface area contributed by atoms with Crippen LogP contribution in [-0.4, -0.2) is 220 Å². The van der Waals surface area contributed by atoms with Gasteiger partial charge in [-0.2, -0.15) is 0 Å². The molecule has 0 bridgehead atoms. The molecule has 0 spiro atoms. The van der Waals surface area contributed by atoms with Gasteiger partial charge in [0, 0.05) is 159 Å². The number of likely N-dealkylation sites (tertiary alicyclic amines) is 2. The first kappa shape index (κ1) is 68.4. The van der Waals surface area contributed by atoms with E-state index in [2.05, 4.69) is 94.7 Å². The summed E-state index contributed by atoms with van der Waals surface area (Å²) in [6.07, 6.45) is 12.7. The molecule has 5 aromatic rings. The van der Waals surface area contributed by atoms with Crippen LogP contribution in [0.2, 0.25) is 0 Å². The number of benzene rings is 5. The maximum absolute atomic E-state index is 13.0. The molecule has 20 nitrogen and oxygen atoms in total. The molecule has 8 aliphatic rings. The van der Waals surface area contributed by atoms with Gasteiger partial charge in [-0.3, -0.25) is 48.9 Å². The Balaban J connectivity index is 0.000000186. The van der Waals surface area contributed by atoms with Crippen LogP contribution in [0, 0.1) is 0 Å². The highest BCUT2D eigenvalue weighted by atomic mass is 16.6. The van der Waals surface area contributed by atoms with Gasteiger partial charge < -0.3 is 46.0 Å². The molecule has 0 radical (unpaired) electrons. The summed E-state index contributed by atoms with van der Waals surface area (Å²) in [5, 5.41) is 15.6. The number of fused-ring (bicyclic) bond motifs is 3. The highest BCUT2D eigenvalue weighted by Gasteiger charge is 2.28. The van der Waals surface area contributed by atoms with E-state index in [0.29, 0.717) is 88.2 Å². The first-order valence-corrected chi connectivity index (χ1v) is 35.4. The zero-order valence-corrected chi connectivity index (χ0v) is 57.0. The lowest BCUT2D eigenvalue weighted by atomic mass is 9.98. The zero-order chi connectivity index (χ0) is 67.1. The number of hydrogen-bond acceptors (Lipinski definition) is 15. The lowest BCUT2D eigenvalue weighted by Crippen LogP contribution is -2.51. The van der Waals surface area contributed by atoms with Gasteiger partial charge in [0.05, 0.1) is 40.7 Å². The van der Waals surface area contributed by atoms with Crippen LogP contribution in [0.15, 0.2) is 135 Å². The maximum Gasteiger partial charge on any atom is 0.410 e. The van der Waals surface area contributed by atoms with Crippen molar-refractivity contribution in [1.82, 2.24) is 51.1 Å². The van der Waals surface area contributed by atoms with Gasteiger partial charge in [-0.15, -0.1) is 0 Å². The number of carbonyl (C=O) groups excluding carboxylic acids is 5. The molecule has 0 aliphatic carbocycles. The summed E-state index contributed by atoms with van der Waals surface area (Å²) in [5.74, 6) is -0.0709. The van der Waals surface area contributed by atoms with Gasteiger partial charge in [-0.05, 0) is 172 Å². The molecule has 510 valence electrons. The van der Waals surface area contributed by atoms with Gasteiger partial charge in [-0.1, -0.05) is 67.4 Å². The van der Waals surface area contributed by atoms with Crippen molar-refractivity contribution in [3.63, 3.8) is 0 Å². The van der Waals surface area contributed by atoms with E-state index in [9.17, 15) is 24.0 Å². The molecule has 5 N–H and O–H groups in total. The number of nitrogens with one attached hydrogen (secondary N) is 5. The molecule has 8 aliphatic heterocycles. The SMILES string of the molecule is CC(C)(C)OC(=O)N1CCN(CCNC(=O)c2ccc3c(c2)CC(c2ccc(C4=NC/C(=C\CC(=O)NCCN5CCCCC5)C4)cc2)=N3)CC1.O=C(NCCN1CCCCC1)c1ccc2c(c1)CC(c1ccc(C3=Nc4ccc(C(=O)NCCN5CCNCC5)cc4C3)cc1)=N2. The van der Waals surface area contributed by atoms with Crippen molar-refractivity contribution in [1.29, 1.82) is 0 Å². The Morgan fingerprint density at radius 3 is 1.25 bits per heavy atom. The molecular weight excluding hydrogens is 1220 g/mol. The van der Waals surface area contributed by atoms with Crippen LogP contribution in [0.3, 0.4) is 0 Å². The third kappa shape index (κ3) is 19.0. The van der Waals surface area contributed by atoms with Crippen LogP contribution in [0.25, 0.3) is 0 Å². The van der Waals surface area contributed by atoms with Crippen molar-refractivity contribution in [3.05, 3.63) is 170 Å². The first-order valence-electron chi connectivity index (χ1n) is 35.4. The van der Waals surface area contributed by atoms with Gasteiger partial charge in [0.15, 0.2) is 0 Å². The smallest absolute Gasteiger partial charge is 0.410 e. The number of hydrogen-bond donors (Lipinski definition) is 5. The lowest BCUT2D eigenvalue weighted by Gasteiger charge is -2.35. The van der Waals surface area contributed by atoms with Crippen LogP contribution < -0.4 is 26.6 Å². The van der Waals surface area contributed by atoms with E-state index in [4.69, 9.17) is 24.7 Å². The van der Waals surface area contributed by atoms with Crippen LogP contribution in [-0.2, 0) is 28.8 Å². The fourth-order valence-corrected chi connectivity index (χ4v) is 13.8. The van der Waals surface area contributed by atoms with E-state index in [0.717, 1.165) is 177 Å². The molecular formula is C77H96N14O6. The Hall–Kier alpha value is -8.53. The second kappa shape index (κ2) is 32.7. The number of ether oxygens (including phenoxy) is 1. The number of amides is 5. The third-order valence-corrected chi connectivity index (χ3v) is 19.4. The van der Waals surface area contributed by atoms with Gasteiger partial charge in [0.2, 0.25) is 5.91 Å². The minimum atomic E-state index is -0.501. The van der Waals surface area contributed by atoms with Crippen LogP contribution >= 0.6 is 0 Å². The normalized spacial score (nSPS) is 18.5. The maximum atomic E-state index is 13.0. The number of piperazine rings is 2. The molecule has 97 heavy (non-hydrogen) atoms. The summed E-state index contributed by atoms with van der Waals surface area (Å²) >= 11 is 0. The van der Waals surface area contributed by atoms with Crippen molar-refractivity contribution in [2.75, 3.05) is 137 Å². The predicted octanol–water partition coefficient (Wildman–Crippen LogP) is 8.65. The quantitative estimate of drug-likeness (QED) is 0.0438. The molecule has 4 fully saturated rings. The summed E-state index contributed by atoms with van der Waals surface area (Å²) in [6.45, 7) is 23.6. The number of aliphatic imine (C=N–C) groups is 4. The number of carbonyl (C=O) groups is 5. The summed E-state index contributed by atoms with van der Waals surface area (Å²) in [5.41, 5.74) is 17.0. The Bertz CT molecular complexity index is 3680. The number of rotatable bonds is 21. The molecule has 0 saturated carbocycles. The topological polar surface area (TPSA) is 220 Å². The van der Waals surface area contributed by atoms with Gasteiger partial charge in [-0.25, -0.2) is 4.79 Å². The van der Waals surface area contributed by atoms with Gasteiger partial charge in [0.1, 0.15) is 5.60 Å². The minimum Gasteiger partial charge on any atom is -0.444 e. The first-order chi connectivity index (χ1) is 47.2. The van der Waals surface area contributed by atoms with Crippen molar-refractivity contribution >= 4 is 69.6 Å². The van der Waals surface area contributed by atoms with Crippen molar-refractivity contribution < 1.29 is 28.7 Å². The molecule has 20 heteroatoms. The Labute approximate surface area is 571 Å². The van der Waals surface area contributed by atoms with E-state index in [1.807, 2.05) is 81.4 Å². The Kier molecular flexibility index (Phi) is 23.0. The molecule has 5 aromatic carbocycles. The third-order valence-electron chi connectivity index (χ3n) is 19.4. The largest absolute Gasteiger partial charge is 0.444 e. The van der Waals surface area contributed by atoms with E-state index >= 15 is 0 Å². The summed E-state index contributed by atoms with van der Waals surface area (Å²) in [7, 11) is 0. The molecule has 0 unspecified atom stereocenters. The van der Waals surface area contributed by atoms with Crippen molar-refractivity contribution in [2.45, 2.75) is 97.0 Å². The highest BCUT2D eigenvalue weighted by molar-refractivity contribution is 6.11. The van der Waals surface area contributed by atoms with Crippen molar-refractivity contribution in [2.24, 2.45) is 20.0 Å². The summed E-state index contributed by atoms with van der Waals surface area (Å²) in [4.78, 5) is 94.0. The predicted molar refractivity (Wildman–Crippen MR) is 385 cm³/mol. The fraction of sp³-hybridized carbons (Fsp3) is 0.468. The van der Waals surface area contributed by atoms with E-state index in [1.165, 1.54) is 44.1 Å². The van der Waals surface area contributed by atoms with Crippen LogP contribution in [0.4, 0.5) is 21.9 Å². The zero-order valence-electron chi connectivity index (χ0n) is 57.0. The van der Waals surface area contributed by atoms with Gasteiger partial charge >= 0.3 is 6.09 Å². The van der Waals surface area contributed by atoms with Crippen LogP contribution in [0.1, 0.15) is 142 Å². The molecule has 8 heterocycles. The highest BCUT2D eigenvalue weighted by Crippen LogP contribution is 2.34. The molecule has 0 aromatic heterocycles. The minimum absolute atomic E-state index is 0.0190.